The van der Waals surface area contributed by atoms with E-state index < -0.39 is 0 Å². The van der Waals surface area contributed by atoms with E-state index in [1.54, 1.807) is 30.3 Å². The van der Waals surface area contributed by atoms with Gasteiger partial charge in [-0.3, -0.25) is 14.5 Å². The van der Waals surface area contributed by atoms with Crippen LogP contribution in [0.3, 0.4) is 0 Å². The fourth-order valence-electron chi connectivity index (χ4n) is 3.01. The van der Waals surface area contributed by atoms with Gasteiger partial charge in [0.15, 0.2) is 11.5 Å². The van der Waals surface area contributed by atoms with Gasteiger partial charge in [-0.1, -0.05) is 18.2 Å². The van der Waals surface area contributed by atoms with Crippen LogP contribution in [0.25, 0.3) is 6.08 Å². The van der Waals surface area contributed by atoms with Crippen LogP contribution in [-0.4, -0.2) is 42.9 Å². The maximum absolute atomic E-state index is 12.6. The van der Waals surface area contributed by atoms with E-state index in [1.165, 1.54) is 12.0 Å². The first-order chi connectivity index (χ1) is 15.5. The second-order valence-electron chi connectivity index (χ2n) is 6.65. The van der Waals surface area contributed by atoms with Crippen molar-refractivity contribution in [1.29, 1.82) is 5.26 Å². The fourth-order valence-corrected chi connectivity index (χ4v) is 4.45. The Hall–Kier alpha value is -2.80. The highest BCUT2D eigenvalue weighted by atomic mass is 79.9. The Balaban J connectivity index is 1.86. The minimum atomic E-state index is -0.348. The molecule has 32 heavy (non-hydrogen) atoms. The van der Waals surface area contributed by atoms with Crippen molar-refractivity contribution in [2.75, 3.05) is 26.9 Å². The third-order valence-electron chi connectivity index (χ3n) is 4.53. The average Bonchev–Trinajstić information content (AvgIpc) is 3.04. The zero-order valence-electron chi connectivity index (χ0n) is 17.6. The van der Waals surface area contributed by atoms with Gasteiger partial charge in [-0.15, -0.1) is 0 Å². The fraction of sp³-hybridized carbons (Fsp3) is 0.261. The molecule has 1 saturated heterocycles. The SMILES string of the molecule is CCOc1cc(/C=C2/SC(=O)N(CCOC)C2=O)cc(Br)c1OCc1ccccc1C#N. The lowest BCUT2D eigenvalue weighted by atomic mass is 10.1. The topological polar surface area (TPSA) is 88.9 Å². The summed E-state index contributed by atoms with van der Waals surface area (Å²) < 4.78 is 17.3. The molecule has 2 aromatic carbocycles. The average molecular weight is 517 g/mol. The molecule has 1 fully saturated rings. The van der Waals surface area contributed by atoms with Crippen LogP contribution in [0, 0.1) is 11.3 Å². The highest BCUT2D eigenvalue weighted by molar-refractivity contribution is 9.10. The number of amides is 2. The maximum Gasteiger partial charge on any atom is 0.293 e. The van der Waals surface area contributed by atoms with Crippen LogP contribution in [0.2, 0.25) is 0 Å². The van der Waals surface area contributed by atoms with Crippen LogP contribution in [0.5, 0.6) is 11.5 Å². The number of methoxy groups -OCH3 is 1. The van der Waals surface area contributed by atoms with Crippen molar-refractivity contribution in [3.05, 3.63) is 62.5 Å². The first-order valence-corrected chi connectivity index (χ1v) is 11.4. The molecular formula is C23H21BrN2O5S. The molecule has 1 heterocycles. The van der Waals surface area contributed by atoms with Crippen LogP contribution < -0.4 is 9.47 Å². The van der Waals surface area contributed by atoms with E-state index in [1.807, 2.05) is 19.1 Å². The van der Waals surface area contributed by atoms with E-state index in [0.717, 1.165) is 17.3 Å². The standard InChI is InChI=1S/C23H21BrN2O5S/c1-3-30-19-11-15(12-20-22(27)26(8-9-29-2)23(28)32-20)10-18(24)21(19)31-14-17-7-5-4-6-16(17)13-25/h4-7,10-12H,3,8-9,14H2,1-2H3/b20-12+. The molecule has 3 rings (SSSR count). The Morgan fingerprint density at radius 1 is 1.22 bits per heavy atom. The number of thioether (sulfide) groups is 1. The molecule has 0 atom stereocenters. The number of carbonyl (C=O) groups excluding carboxylic acids is 2. The molecule has 7 nitrogen and oxygen atoms in total. The number of nitrogens with zero attached hydrogens (tertiary/aromatic N) is 2. The molecule has 0 radical (unpaired) electrons. The molecule has 0 aromatic heterocycles. The quantitative estimate of drug-likeness (QED) is 0.434. The Morgan fingerprint density at radius 2 is 2.00 bits per heavy atom. The van der Waals surface area contributed by atoms with Gasteiger partial charge in [-0.2, -0.15) is 5.26 Å². The summed E-state index contributed by atoms with van der Waals surface area (Å²) in [6, 6.07) is 12.9. The van der Waals surface area contributed by atoms with Gasteiger partial charge in [-0.25, -0.2) is 0 Å². The van der Waals surface area contributed by atoms with Crippen LogP contribution in [0.4, 0.5) is 4.79 Å². The molecule has 0 N–H and O–H groups in total. The van der Waals surface area contributed by atoms with Crippen LogP contribution in [0.15, 0.2) is 45.8 Å². The number of nitriles is 1. The second-order valence-corrected chi connectivity index (χ2v) is 8.49. The van der Waals surface area contributed by atoms with Gasteiger partial charge >= 0.3 is 0 Å². The van der Waals surface area contributed by atoms with E-state index in [0.29, 0.717) is 38.6 Å². The predicted molar refractivity (Wildman–Crippen MR) is 125 cm³/mol. The number of imide groups is 1. The molecule has 166 valence electrons. The zero-order valence-corrected chi connectivity index (χ0v) is 20.0. The number of benzene rings is 2. The number of carbonyl (C=O) groups is 2. The van der Waals surface area contributed by atoms with Crippen molar-refractivity contribution < 1.29 is 23.8 Å². The number of rotatable bonds is 9. The molecule has 0 spiro atoms. The Kier molecular flexibility index (Phi) is 8.33. The van der Waals surface area contributed by atoms with Crippen LogP contribution >= 0.6 is 27.7 Å². The number of halogens is 1. The first kappa shape index (κ1) is 23.9. The minimum Gasteiger partial charge on any atom is -0.490 e. The minimum absolute atomic E-state index is 0.195. The number of ether oxygens (including phenoxy) is 3. The summed E-state index contributed by atoms with van der Waals surface area (Å²) in [7, 11) is 1.52. The Labute approximate surface area is 199 Å². The summed E-state index contributed by atoms with van der Waals surface area (Å²) in [5.74, 6) is 0.630. The molecule has 0 unspecified atom stereocenters. The first-order valence-electron chi connectivity index (χ1n) is 9.80. The van der Waals surface area contributed by atoms with Gasteiger partial charge in [0.2, 0.25) is 0 Å². The lowest BCUT2D eigenvalue weighted by Crippen LogP contribution is -2.31. The van der Waals surface area contributed by atoms with Gasteiger partial charge < -0.3 is 14.2 Å². The monoisotopic (exact) mass is 516 g/mol. The highest BCUT2D eigenvalue weighted by Gasteiger charge is 2.34. The van der Waals surface area contributed by atoms with E-state index in [9.17, 15) is 14.9 Å². The van der Waals surface area contributed by atoms with Gasteiger partial charge in [0.05, 0.1) is 40.8 Å². The largest absolute Gasteiger partial charge is 0.490 e. The van der Waals surface area contributed by atoms with E-state index in [4.69, 9.17) is 14.2 Å². The Bertz CT molecular complexity index is 1100. The summed E-state index contributed by atoms with van der Waals surface area (Å²) >= 11 is 4.41. The van der Waals surface area contributed by atoms with Crippen molar-refractivity contribution >= 4 is 44.9 Å². The van der Waals surface area contributed by atoms with Crippen molar-refractivity contribution in [3.8, 4) is 17.6 Å². The van der Waals surface area contributed by atoms with Crippen LogP contribution in [0.1, 0.15) is 23.6 Å². The van der Waals surface area contributed by atoms with Gasteiger partial charge in [0, 0.05) is 12.7 Å². The number of hydrogen-bond donors (Lipinski definition) is 0. The molecule has 1 aliphatic heterocycles. The third-order valence-corrected chi connectivity index (χ3v) is 6.03. The van der Waals surface area contributed by atoms with Crippen molar-refractivity contribution in [2.24, 2.45) is 0 Å². The lowest BCUT2D eigenvalue weighted by Gasteiger charge is -2.15. The van der Waals surface area contributed by atoms with Gasteiger partial charge in [0.25, 0.3) is 11.1 Å². The van der Waals surface area contributed by atoms with E-state index in [-0.39, 0.29) is 30.9 Å². The molecule has 9 heteroatoms. The Morgan fingerprint density at radius 3 is 2.72 bits per heavy atom. The predicted octanol–water partition coefficient (Wildman–Crippen LogP) is 4.98. The maximum atomic E-state index is 12.6. The van der Waals surface area contributed by atoms with Crippen molar-refractivity contribution in [1.82, 2.24) is 4.90 Å². The number of hydrogen-bond acceptors (Lipinski definition) is 7. The van der Waals surface area contributed by atoms with E-state index in [2.05, 4.69) is 22.0 Å². The normalized spacial score (nSPS) is 14.7. The smallest absolute Gasteiger partial charge is 0.293 e. The highest BCUT2D eigenvalue weighted by Crippen LogP contribution is 2.39. The molecule has 0 bridgehead atoms. The summed E-state index contributed by atoms with van der Waals surface area (Å²) in [6.07, 6.45) is 1.65. The summed E-state index contributed by atoms with van der Waals surface area (Å²) in [6.45, 7) is 2.96. The summed E-state index contributed by atoms with van der Waals surface area (Å²) in [5, 5.41) is 8.96. The molecule has 1 aliphatic rings. The zero-order chi connectivity index (χ0) is 23.1. The molecule has 2 aromatic rings. The van der Waals surface area contributed by atoms with E-state index >= 15 is 0 Å². The molecule has 0 saturated carbocycles. The van der Waals surface area contributed by atoms with Gasteiger partial charge in [0.1, 0.15) is 6.61 Å². The van der Waals surface area contributed by atoms with Crippen molar-refractivity contribution in [2.45, 2.75) is 13.5 Å². The van der Waals surface area contributed by atoms with Crippen molar-refractivity contribution in [3.63, 3.8) is 0 Å². The second kappa shape index (κ2) is 11.2. The molecule has 0 aliphatic carbocycles. The summed E-state index contributed by atoms with van der Waals surface area (Å²) in [4.78, 5) is 26.2. The molecular weight excluding hydrogens is 496 g/mol. The molecule has 2 amide bonds. The van der Waals surface area contributed by atoms with Crippen LogP contribution in [-0.2, 0) is 16.1 Å². The third kappa shape index (κ3) is 5.51. The van der Waals surface area contributed by atoms with Gasteiger partial charge in [-0.05, 0) is 64.5 Å². The lowest BCUT2D eigenvalue weighted by molar-refractivity contribution is -0.123. The summed E-state index contributed by atoms with van der Waals surface area (Å²) in [5.41, 5.74) is 1.99.